The predicted octanol–water partition coefficient (Wildman–Crippen LogP) is 6.00. The minimum absolute atomic E-state index is 0.0134. The van der Waals surface area contributed by atoms with E-state index in [4.69, 9.17) is 14.2 Å². The van der Waals surface area contributed by atoms with E-state index in [2.05, 4.69) is 16.6 Å². The second-order valence-electron chi connectivity index (χ2n) is 17.4. The molecule has 1 aromatic heterocycles. The number of alkyl halides is 1. The maximum absolute atomic E-state index is 14.8. The number of methoxy groups -OCH3 is 1. The van der Waals surface area contributed by atoms with E-state index in [1.165, 1.54) is 36.4 Å². The Balaban J connectivity index is 1.36. The third-order valence-electron chi connectivity index (χ3n) is 11.9. The second kappa shape index (κ2) is 15.7. The highest BCUT2D eigenvalue weighted by Gasteiger charge is 2.63. The maximum Gasteiger partial charge on any atom is 0.307 e. The first-order valence-electron chi connectivity index (χ1n) is 19.5. The number of esters is 1. The average molecular weight is 802 g/mol. The van der Waals surface area contributed by atoms with Crippen molar-refractivity contribution in [2.24, 2.45) is 29.1 Å². The summed E-state index contributed by atoms with van der Waals surface area (Å²) in [7, 11) is -2.90. The minimum Gasteiger partial charge on any atom is -0.494 e. The Morgan fingerprint density at radius 3 is 2.50 bits per heavy atom. The fraction of sp³-hybridized carbons (Fsp3) is 0.634. The molecule has 1 N–H and O–H groups in total. The van der Waals surface area contributed by atoms with Crippen LogP contribution in [0.2, 0.25) is 0 Å². The van der Waals surface area contributed by atoms with Crippen LogP contribution in [-0.2, 0) is 33.9 Å². The molecule has 3 fully saturated rings. The van der Waals surface area contributed by atoms with E-state index in [0.717, 1.165) is 6.42 Å². The summed E-state index contributed by atoms with van der Waals surface area (Å²) in [5.74, 6) is -3.88. The van der Waals surface area contributed by atoms with Gasteiger partial charge < -0.3 is 19.1 Å². The molecule has 1 saturated heterocycles. The molecule has 7 atom stereocenters. The normalized spacial score (nSPS) is 30.0. The van der Waals surface area contributed by atoms with Crippen LogP contribution in [0.25, 0.3) is 10.8 Å². The molecule has 0 bridgehead atoms. The summed E-state index contributed by atoms with van der Waals surface area (Å²) < 4.78 is 72.7. The van der Waals surface area contributed by atoms with Crippen LogP contribution in [-0.4, -0.2) is 84.7 Å². The lowest BCUT2D eigenvalue weighted by molar-refractivity contribution is -0.160. The molecular weight excluding hydrogens is 749 g/mol. The van der Waals surface area contributed by atoms with Gasteiger partial charge in [-0.2, -0.15) is 0 Å². The molecule has 0 spiro atoms. The number of sulfonamides is 1. The van der Waals surface area contributed by atoms with Crippen molar-refractivity contribution in [1.29, 1.82) is 0 Å². The Bertz CT molecular complexity index is 2010. The van der Waals surface area contributed by atoms with Crippen molar-refractivity contribution < 1.29 is 50.6 Å². The van der Waals surface area contributed by atoms with Gasteiger partial charge >= 0.3 is 5.97 Å². The first-order valence-corrected chi connectivity index (χ1v) is 20.9. The summed E-state index contributed by atoms with van der Waals surface area (Å²) in [5, 5.41) is 0.860. The summed E-state index contributed by atoms with van der Waals surface area (Å²) in [6.07, 6.45) is 6.18. The number of ether oxygens (including phenoxy) is 3. The molecule has 2 aliphatic heterocycles. The van der Waals surface area contributed by atoms with Gasteiger partial charge in [0, 0.05) is 18.2 Å². The molecule has 2 aliphatic carbocycles. The maximum atomic E-state index is 14.8. The predicted molar refractivity (Wildman–Crippen MR) is 203 cm³/mol. The van der Waals surface area contributed by atoms with Crippen LogP contribution >= 0.6 is 0 Å². The summed E-state index contributed by atoms with van der Waals surface area (Å²) >= 11 is 0. The molecule has 2 aromatic rings. The average Bonchev–Trinajstić information content (AvgIpc) is 4.02. The van der Waals surface area contributed by atoms with E-state index in [1.807, 2.05) is 19.1 Å². The minimum atomic E-state index is -4.36. The SMILES string of the molecule is COc1cnc(O[C@@H]2C[C@H]3C(=O)C[C@]4(C(=O)NS(=O)(=O)C5(CF)CC5)C[C@H]4/C=C\CC[C@H](C)C[C@@H](C)[C@H](CC(=O)OC(C)(C)C)C(=O)N3C2)c2cc(F)ccc12. The van der Waals surface area contributed by atoms with E-state index in [1.54, 1.807) is 20.8 Å². The van der Waals surface area contributed by atoms with Crippen molar-refractivity contribution in [2.45, 2.75) is 115 Å². The first-order chi connectivity index (χ1) is 26.3. The number of amides is 2. The summed E-state index contributed by atoms with van der Waals surface area (Å²) in [4.78, 5) is 62.5. The molecule has 1 aromatic carbocycles. The summed E-state index contributed by atoms with van der Waals surface area (Å²) in [5.41, 5.74) is -2.23. The standard InChI is InChI=1S/C41H53F2N3O9S/c1-24-9-7-8-10-26-19-41(26,38(50)45-56(51,52)40(23-42)13-14-40)20-33(47)32-17-28(54-36-31-16-27(43)11-12-29(31)34(53-6)21-44-36)22-46(32)37(49)30(25(2)15-24)18-35(48)55-39(3,4)5/h8,10-12,16,21,24-26,28,30,32H,7,9,13-15,17-20,22-23H2,1-6H3,(H,45,50)/b10-8-/t24-,25+,26+,28+,30-,32-,41+/m0/s1. The summed E-state index contributed by atoms with van der Waals surface area (Å²) in [6, 6.07) is 2.97. The number of fused-ring (bicyclic) bond motifs is 3. The lowest BCUT2D eigenvalue weighted by atomic mass is 9.82. The Kier molecular flexibility index (Phi) is 11.6. The first kappa shape index (κ1) is 41.5. The van der Waals surface area contributed by atoms with Crippen molar-refractivity contribution in [3.8, 4) is 11.6 Å². The van der Waals surface area contributed by atoms with Gasteiger partial charge in [-0.15, -0.1) is 0 Å². The van der Waals surface area contributed by atoms with Crippen molar-refractivity contribution in [3.05, 3.63) is 42.4 Å². The number of hydrogen-bond acceptors (Lipinski definition) is 10. The molecule has 0 radical (unpaired) electrons. The molecule has 56 heavy (non-hydrogen) atoms. The van der Waals surface area contributed by atoms with Crippen LogP contribution < -0.4 is 14.2 Å². The van der Waals surface area contributed by atoms with Crippen molar-refractivity contribution in [2.75, 3.05) is 20.3 Å². The highest BCUT2D eigenvalue weighted by Crippen LogP contribution is 2.58. The third-order valence-corrected chi connectivity index (χ3v) is 14.0. The number of ketones is 1. The molecule has 306 valence electrons. The molecule has 0 unspecified atom stereocenters. The van der Waals surface area contributed by atoms with Gasteiger partial charge in [-0.3, -0.25) is 23.9 Å². The number of pyridine rings is 1. The van der Waals surface area contributed by atoms with Crippen LogP contribution in [0.15, 0.2) is 36.5 Å². The molecule has 12 nitrogen and oxygen atoms in total. The van der Waals surface area contributed by atoms with E-state index in [0.29, 0.717) is 29.4 Å². The zero-order chi connectivity index (χ0) is 40.8. The van der Waals surface area contributed by atoms with Crippen LogP contribution in [0.5, 0.6) is 11.6 Å². The van der Waals surface area contributed by atoms with Gasteiger partial charge in [0.15, 0.2) is 5.78 Å². The number of Topliss-reactive ketones (excluding diaryl/α,β-unsaturated/α-hetero) is 1. The highest BCUT2D eigenvalue weighted by molar-refractivity contribution is 7.91. The van der Waals surface area contributed by atoms with E-state index >= 15 is 0 Å². The number of allylic oxidation sites excluding steroid dienone is 2. The van der Waals surface area contributed by atoms with E-state index in [9.17, 15) is 36.4 Å². The lowest BCUT2D eigenvalue weighted by Crippen LogP contribution is -2.48. The molecule has 3 heterocycles. The zero-order valence-electron chi connectivity index (χ0n) is 32.9. The molecule has 2 amide bonds. The largest absolute Gasteiger partial charge is 0.494 e. The van der Waals surface area contributed by atoms with Gasteiger partial charge in [0.05, 0.1) is 49.0 Å². The van der Waals surface area contributed by atoms with Crippen LogP contribution in [0.4, 0.5) is 8.78 Å². The van der Waals surface area contributed by atoms with Gasteiger partial charge in [-0.25, -0.2) is 22.2 Å². The Hall–Kier alpha value is -4.14. The van der Waals surface area contributed by atoms with Crippen LogP contribution in [0.1, 0.15) is 92.4 Å². The smallest absolute Gasteiger partial charge is 0.307 e. The Labute approximate surface area is 327 Å². The van der Waals surface area contributed by atoms with E-state index in [-0.39, 0.29) is 62.8 Å². The van der Waals surface area contributed by atoms with Crippen molar-refractivity contribution >= 4 is 44.4 Å². The van der Waals surface area contributed by atoms with Gasteiger partial charge in [-0.05, 0) is 95.2 Å². The number of halogens is 2. The zero-order valence-corrected chi connectivity index (χ0v) is 33.8. The van der Waals surface area contributed by atoms with Gasteiger partial charge in [0.1, 0.15) is 34.7 Å². The number of carbonyl (C=O) groups excluding carboxylic acids is 4. The highest BCUT2D eigenvalue weighted by atomic mass is 32.2. The second-order valence-corrected chi connectivity index (χ2v) is 19.5. The van der Waals surface area contributed by atoms with E-state index < -0.39 is 85.8 Å². The fourth-order valence-corrected chi connectivity index (χ4v) is 9.83. The van der Waals surface area contributed by atoms with Gasteiger partial charge in [0.25, 0.3) is 0 Å². The monoisotopic (exact) mass is 801 g/mol. The van der Waals surface area contributed by atoms with Crippen molar-refractivity contribution in [1.82, 2.24) is 14.6 Å². The number of carbonyl (C=O) groups is 4. The van der Waals surface area contributed by atoms with Gasteiger partial charge in [0.2, 0.25) is 27.7 Å². The molecule has 6 rings (SSSR count). The summed E-state index contributed by atoms with van der Waals surface area (Å²) in [6.45, 7) is 8.00. The number of rotatable bonds is 9. The molecule has 15 heteroatoms. The Morgan fingerprint density at radius 2 is 1.84 bits per heavy atom. The van der Waals surface area contributed by atoms with Crippen LogP contribution in [0, 0.1) is 34.9 Å². The number of benzene rings is 1. The molecule has 2 saturated carbocycles. The third kappa shape index (κ3) is 8.57. The quantitative estimate of drug-likeness (QED) is 0.236. The number of nitrogens with zero attached hydrogens (tertiary/aromatic N) is 2. The lowest BCUT2D eigenvalue weighted by Gasteiger charge is -2.32. The van der Waals surface area contributed by atoms with Crippen LogP contribution in [0.3, 0.4) is 0 Å². The number of nitrogens with one attached hydrogen (secondary N) is 1. The molecule has 4 aliphatic rings. The fourth-order valence-electron chi connectivity index (χ4n) is 8.38. The van der Waals surface area contributed by atoms with Gasteiger partial charge in [-0.1, -0.05) is 26.0 Å². The number of aromatic nitrogens is 1. The Morgan fingerprint density at radius 1 is 1.11 bits per heavy atom. The molecular formula is C41H53F2N3O9S. The topological polar surface area (TPSA) is 158 Å². The van der Waals surface area contributed by atoms with Crippen molar-refractivity contribution in [3.63, 3.8) is 0 Å². The number of hydrogen-bond donors (Lipinski definition) is 1.